The summed E-state index contributed by atoms with van der Waals surface area (Å²) in [5.74, 6) is 0. The molecule has 0 aliphatic rings. The van der Waals surface area contributed by atoms with Crippen LogP contribution in [0.4, 0.5) is 11.4 Å². The average Bonchev–Trinajstić information content (AvgIpc) is 2.21. The van der Waals surface area contributed by atoms with E-state index in [1.165, 1.54) is 0 Å². The molecular weight excluding hydrogens is 303 g/mol. The summed E-state index contributed by atoms with van der Waals surface area (Å²) in [5, 5.41) is 12.6. The number of benzene rings is 1. The zero-order chi connectivity index (χ0) is 11.3. The SMILES string of the molecule is CCC(O)CCNc1ccc(I)cc1N. The normalized spacial score (nSPS) is 12.5. The molecule has 0 heterocycles. The fourth-order valence-corrected chi connectivity index (χ4v) is 1.79. The Kier molecular flexibility index (Phi) is 5.17. The van der Waals surface area contributed by atoms with Gasteiger partial charge in [0.25, 0.3) is 0 Å². The molecule has 0 bridgehead atoms. The minimum atomic E-state index is -0.220. The van der Waals surface area contributed by atoms with E-state index in [1.807, 2.05) is 25.1 Å². The summed E-state index contributed by atoms with van der Waals surface area (Å²) in [6.07, 6.45) is 1.33. The molecule has 1 aromatic rings. The molecule has 0 radical (unpaired) electrons. The van der Waals surface area contributed by atoms with Crippen LogP contribution in [0.25, 0.3) is 0 Å². The summed E-state index contributed by atoms with van der Waals surface area (Å²) in [6.45, 7) is 2.73. The fourth-order valence-electron chi connectivity index (χ4n) is 1.27. The Labute approximate surface area is 104 Å². The molecule has 84 valence electrons. The summed E-state index contributed by atoms with van der Waals surface area (Å²) in [4.78, 5) is 0. The summed E-state index contributed by atoms with van der Waals surface area (Å²) >= 11 is 2.23. The molecule has 0 saturated heterocycles. The van der Waals surface area contributed by atoms with Gasteiger partial charge in [0.15, 0.2) is 0 Å². The maximum absolute atomic E-state index is 9.38. The molecule has 0 saturated carbocycles. The third kappa shape index (κ3) is 4.25. The van der Waals surface area contributed by atoms with Gasteiger partial charge in [-0.25, -0.2) is 0 Å². The van der Waals surface area contributed by atoms with Crippen molar-refractivity contribution in [1.29, 1.82) is 0 Å². The van der Waals surface area contributed by atoms with Gasteiger partial charge in [-0.15, -0.1) is 0 Å². The second-order valence-corrected chi connectivity index (χ2v) is 4.75. The summed E-state index contributed by atoms with van der Waals surface area (Å²) in [5.41, 5.74) is 7.54. The molecule has 0 fully saturated rings. The van der Waals surface area contributed by atoms with E-state index < -0.39 is 0 Å². The maximum Gasteiger partial charge on any atom is 0.0574 e. The highest BCUT2D eigenvalue weighted by Gasteiger charge is 2.02. The zero-order valence-electron chi connectivity index (χ0n) is 8.83. The van der Waals surface area contributed by atoms with Crippen molar-refractivity contribution in [3.05, 3.63) is 21.8 Å². The Morgan fingerprint density at radius 1 is 1.53 bits per heavy atom. The lowest BCUT2D eigenvalue weighted by molar-refractivity contribution is 0.164. The van der Waals surface area contributed by atoms with Crippen LogP contribution < -0.4 is 11.1 Å². The van der Waals surface area contributed by atoms with Crippen LogP contribution in [0, 0.1) is 3.57 Å². The first-order chi connectivity index (χ1) is 7.13. The second-order valence-electron chi connectivity index (χ2n) is 3.51. The van der Waals surface area contributed by atoms with E-state index in [0.29, 0.717) is 0 Å². The number of aliphatic hydroxyl groups excluding tert-OH is 1. The quantitative estimate of drug-likeness (QED) is 0.577. The molecule has 1 rings (SSSR count). The zero-order valence-corrected chi connectivity index (χ0v) is 11.0. The van der Waals surface area contributed by atoms with Gasteiger partial charge in [0.1, 0.15) is 0 Å². The monoisotopic (exact) mass is 320 g/mol. The number of halogens is 1. The third-order valence-electron chi connectivity index (χ3n) is 2.28. The summed E-state index contributed by atoms with van der Waals surface area (Å²) in [6, 6.07) is 5.91. The smallest absolute Gasteiger partial charge is 0.0574 e. The van der Waals surface area contributed by atoms with E-state index in [-0.39, 0.29) is 6.10 Å². The molecule has 3 nitrogen and oxygen atoms in total. The molecule has 1 aromatic carbocycles. The number of nitrogens with one attached hydrogen (secondary N) is 1. The molecular formula is C11H17IN2O. The van der Waals surface area contributed by atoms with Gasteiger partial charge in [-0.3, -0.25) is 0 Å². The van der Waals surface area contributed by atoms with Gasteiger partial charge < -0.3 is 16.2 Å². The first-order valence-corrected chi connectivity index (χ1v) is 6.18. The minimum Gasteiger partial charge on any atom is -0.397 e. The van der Waals surface area contributed by atoms with Crippen LogP contribution in [0.5, 0.6) is 0 Å². The van der Waals surface area contributed by atoms with Crippen LogP contribution in [0.1, 0.15) is 19.8 Å². The van der Waals surface area contributed by atoms with E-state index >= 15 is 0 Å². The second kappa shape index (κ2) is 6.17. The predicted octanol–water partition coefficient (Wildman–Crippen LogP) is 2.45. The lowest BCUT2D eigenvalue weighted by Crippen LogP contribution is -2.12. The van der Waals surface area contributed by atoms with Crippen molar-refractivity contribution in [3.63, 3.8) is 0 Å². The number of nitrogen functional groups attached to an aromatic ring is 1. The van der Waals surface area contributed by atoms with Crippen LogP contribution in [-0.2, 0) is 0 Å². The molecule has 1 atom stereocenters. The molecule has 1 unspecified atom stereocenters. The van der Waals surface area contributed by atoms with Crippen molar-refractivity contribution in [2.24, 2.45) is 0 Å². The predicted molar refractivity (Wildman–Crippen MR) is 73.0 cm³/mol. The van der Waals surface area contributed by atoms with Gasteiger partial charge in [-0.2, -0.15) is 0 Å². The van der Waals surface area contributed by atoms with Gasteiger partial charge >= 0.3 is 0 Å². The standard InChI is InChI=1S/C11H17IN2O/c1-2-9(15)5-6-14-11-4-3-8(12)7-10(11)13/h3-4,7,9,14-15H,2,5-6,13H2,1H3. The Morgan fingerprint density at radius 2 is 2.27 bits per heavy atom. The van der Waals surface area contributed by atoms with Crippen molar-refractivity contribution >= 4 is 34.0 Å². The van der Waals surface area contributed by atoms with Gasteiger partial charge in [0.05, 0.1) is 17.5 Å². The highest BCUT2D eigenvalue weighted by molar-refractivity contribution is 14.1. The van der Waals surface area contributed by atoms with Crippen LogP contribution in [0.15, 0.2) is 18.2 Å². The Hall–Kier alpha value is -0.490. The molecule has 0 aromatic heterocycles. The molecule has 4 heteroatoms. The fraction of sp³-hybridized carbons (Fsp3) is 0.455. The van der Waals surface area contributed by atoms with Gasteiger partial charge in [0, 0.05) is 10.1 Å². The molecule has 15 heavy (non-hydrogen) atoms. The number of rotatable bonds is 5. The number of aliphatic hydroxyl groups is 1. The largest absolute Gasteiger partial charge is 0.397 e. The Morgan fingerprint density at radius 3 is 2.87 bits per heavy atom. The molecule has 0 aliphatic heterocycles. The lowest BCUT2D eigenvalue weighted by atomic mass is 10.2. The van der Waals surface area contributed by atoms with E-state index in [9.17, 15) is 5.11 Å². The third-order valence-corrected chi connectivity index (χ3v) is 2.95. The van der Waals surface area contributed by atoms with E-state index in [4.69, 9.17) is 5.73 Å². The first-order valence-electron chi connectivity index (χ1n) is 5.10. The number of anilines is 2. The van der Waals surface area contributed by atoms with Crippen LogP contribution in [-0.4, -0.2) is 17.8 Å². The Bertz CT molecular complexity index is 317. The van der Waals surface area contributed by atoms with Gasteiger partial charge in [-0.05, 0) is 53.6 Å². The van der Waals surface area contributed by atoms with Crippen LogP contribution in [0.3, 0.4) is 0 Å². The van der Waals surface area contributed by atoms with Crippen molar-refractivity contribution in [3.8, 4) is 0 Å². The van der Waals surface area contributed by atoms with Crippen LogP contribution in [0.2, 0.25) is 0 Å². The highest BCUT2D eigenvalue weighted by Crippen LogP contribution is 2.20. The van der Waals surface area contributed by atoms with Gasteiger partial charge in [-0.1, -0.05) is 6.92 Å². The van der Waals surface area contributed by atoms with Crippen molar-refractivity contribution < 1.29 is 5.11 Å². The van der Waals surface area contributed by atoms with E-state index in [0.717, 1.165) is 34.3 Å². The van der Waals surface area contributed by atoms with E-state index in [1.54, 1.807) is 0 Å². The Balaban J connectivity index is 2.44. The topological polar surface area (TPSA) is 58.3 Å². The number of hydrogen-bond acceptors (Lipinski definition) is 3. The summed E-state index contributed by atoms with van der Waals surface area (Å²) in [7, 11) is 0. The van der Waals surface area contributed by atoms with Crippen LogP contribution >= 0.6 is 22.6 Å². The number of nitrogens with two attached hydrogens (primary N) is 1. The maximum atomic E-state index is 9.38. The molecule has 0 spiro atoms. The average molecular weight is 320 g/mol. The highest BCUT2D eigenvalue weighted by atomic mass is 127. The summed E-state index contributed by atoms with van der Waals surface area (Å²) < 4.78 is 1.13. The lowest BCUT2D eigenvalue weighted by Gasteiger charge is -2.11. The van der Waals surface area contributed by atoms with Crippen molar-refractivity contribution in [2.75, 3.05) is 17.6 Å². The van der Waals surface area contributed by atoms with E-state index in [2.05, 4.69) is 27.9 Å². The molecule has 0 aliphatic carbocycles. The van der Waals surface area contributed by atoms with Gasteiger partial charge in [0.2, 0.25) is 0 Å². The minimum absolute atomic E-state index is 0.220. The van der Waals surface area contributed by atoms with Crippen molar-refractivity contribution in [2.45, 2.75) is 25.9 Å². The number of hydrogen-bond donors (Lipinski definition) is 3. The first kappa shape index (κ1) is 12.6. The molecule has 4 N–H and O–H groups in total. The van der Waals surface area contributed by atoms with Crippen molar-refractivity contribution in [1.82, 2.24) is 0 Å². The molecule has 0 amide bonds.